The van der Waals surface area contributed by atoms with Crippen LogP contribution in [-0.2, 0) is 0 Å². The van der Waals surface area contributed by atoms with Crippen molar-refractivity contribution in [1.82, 2.24) is 4.98 Å². The molecule has 10 rings (SSSR count). The van der Waals surface area contributed by atoms with Crippen LogP contribution in [0.25, 0.3) is 99.4 Å². The third kappa shape index (κ3) is 5.08. The van der Waals surface area contributed by atoms with Crippen molar-refractivity contribution in [3.8, 4) is 55.9 Å². The van der Waals surface area contributed by atoms with Crippen LogP contribution in [0.5, 0.6) is 0 Å². The molecule has 2 aromatic heterocycles. The maximum absolute atomic E-state index is 6.19. The molecule has 0 radical (unpaired) electrons. The summed E-state index contributed by atoms with van der Waals surface area (Å²) in [5.41, 5.74) is 12.9. The van der Waals surface area contributed by atoms with E-state index in [0.29, 0.717) is 0 Å². The average Bonchev–Trinajstić information content (AvgIpc) is 3.60. The Hall–Kier alpha value is -6.77. The Bertz CT molecular complexity index is 2900. The number of rotatable bonds is 5. The standard InChI is InChI=1S/C49H31NO/c1-2-12-34(13-3-1)45-30-38(32-24-26-33(27-25-32)40-21-11-23-48-49(40)43-20-8-9-22-47(43)51-48)31-46(50-45)37-16-10-15-35(28-37)44-29-36-14-4-5-17-39(36)41-18-6-7-19-42(41)44/h1-31H. The molecule has 2 heterocycles. The van der Waals surface area contributed by atoms with E-state index in [9.17, 15) is 0 Å². The Morgan fingerprint density at radius 1 is 0.314 bits per heavy atom. The fraction of sp³-hybridized carbons (Fsp3) is 0. The van der Waals surface area contributed by atoms with Gasteiger partial charge in [-0.15, -0.1) is 0 Å². The SMILES string of the molecule is c1ccc(-c2cc(-c3ccc(-c4cccc5oc6ccccc6c45)cc3)cc(-c3cccc(-c4cc5ccccc5c5ccccc45)c3)n2)cc1. The minimum Gasteiger partial charge on any atom is -0.456 e. The summed E-state index contributed by atoms with van der Waals surface area (Å²) in [5, 5.41) is 7.32. The molecular formula is C49H31NO. The number of hydrogen-bond donors (Lipinski definition) is 0. The molecule has 51 heavy (non-hydrogen) atoms. The van der Waals surface area contributed by atoms with Crippen molar-refractivity contribution in [1.29, 1.82) is 0 Å². The summed E-state index contributed by atoms with van der Waals surface area (Å²) >= 11 is 0. The average molecular weight is 650 g/mol. The molecule has 2 nitrogen and oxygen atoms in total. The van der Waals surface area contributed by atoms with Crippen LogP contribution in [0.4, 0.5) is 0 Å². The summed E-state index contributed by atoms with van der Waals surface area (Å²) in [5.74, 6) is 0. The highest BCUT2D eigenvalue weighted by molar-refractivity contribution is 6.14. The van der Waals surface area contributed by atoms with E-state index in [1.54, 1.807) is 0 Å². The smallest absolute Gasteiger partial charge is 0.136 e. The minimum absolute atomic E-state index is 0.906. The highest BCUT2D eigenvalue weighted by Crippen LogP contribution is 2.39. The van der Waals surface area contributed by atoms with Crippen molar-refractivity contribution in [3.63, 3.8) is 0 Å². The van der Waals surface area contributed by atoms with Gasteiger partial charge in [-0.1, -0.05) is 152 Å². The normalized spacial score (nSPS) is 11.5. The third-order valence-corrected chi connectivity index (χ3v) is 10.1. The quantitative estimate of drug-likeness (QED) is 0.173. The highest BCUT2D eigenvalue weighted by atomic mass is 16.3. The molecule has 0 bridgehead atoms. The van der Waals surface area contributed by atoms with Gasteiger partial charge in [0.15, 0.2) is 0 Å². The lowest BCUT2D eigenvalue weighted by molar-refractivity contribution is 0.669. The van der Waals surface area contributed by atoms with Crippen LogP contribution in [0.1, 0.15) is 0 Å². The molecule has 8 aromatic carbocycles. The van der Waals surface area contributed by atoms with Gasteiger partial charge in [-0.3, -0.25) is 0 Å². The Morgan fingerprint density at radius 2 is 0.922 bits per heavy atom. The lowest BCUT2D eigenvalue weighted by Gasteiger charge is -2.14. The van der Waals surface area contributed by atoms with Crippen LogP contribution in [0, 0.1) is 0 Å². The lowest BCUT2D eigenvalue weighted by atomic mass is 9.92. The molecule has 0 aliphatic rings. The van der Waals surface area contributed by atoms with Crippen molar-refractivity contribution in [2.24, 2.45) is 0 Å². The second-order valence-electron chi connectivity index (χ2n) is 13.1. The van der Waals surface area contributed by atoms with Gasteiger partial charge in [0, 0.05) is 21.9 Å². The van der Waals surface area contributed by atoms with Gasteiger partial charge in [0.25, 0.3) is 0 Å². The van der Waals surface area contributed by atoms with E-state index in [4.69, 9.17) is 9.40 Å². The molecule has 2 heteroatoms. The first-order valence-corrected chi connectivity index (χ1v) is 17.4. The molecule has 0 atom stereocenters. The van der Waals surface area contributed by atoms with Crippen molar-refractivity contribution >= 4 is 43.5 Å². The van der Waals surface area contributed by atoms with Crippen molar-refractivity contribution in [2.45, 2.75) is 0 Å². The maximum Gasteiger partial charge on any atom is 0.136 e. The monoisotopic (exact) mass is 649 g/mol. The Balaban J connectivity index is 1.10. The van der Waals surface area contributed by atoms with Crippen LogP contribution < -0.4 is 0 Å². The number of fused-ring (bicyclic) bond motifs is 6. The van der Waals surface area contributed by atoms with Gasteiger partial charge in [-0.05, 0) is 91.3 Å². The molecule has 0 unspecified atom stereocenters. The molecular weight excluding hydrogens is 619 g/mol. The molecule has 0 spiro atoms. The molecule has 0 saturated carbocycles. The summed E-state index contributed by atoms with van der Waals surface area (Å²) in [4.78, 5) is 5.26. The van der Waals surface area contributed by atoms with E-state index >= 15 is 0 Å². The molecule has 0 saturated heterocycles. The molecule has 10 aromatic rings. The van der Waals surface area contributed by atoms with E-state index < -0.39 is 0 Å². The van der Waals surface area contributed by atoms with E-state index in [2.05, 4.69) is 164 Å². The summed E-state index contributed by atoms with van der Waals surface area (Å²) < 4.78 is 6.19. The van der Waals surface area contributed by atoms with Crippen LogP contribution in [0.15, 0.2) is 192 Å². The zero-order chi connectivity index (χ0) is 33.7. The minimum atomic E-state index is 0.906. The van der Waals surface area contributed by atoms with E-state index in [-0.39, 0.29) is 0 Å². The maximum atomic E-state index is 6.19. The summed E-state index contributed by atoms with van der Waals surface area (Å²) in [6.45, 7) is 0. The van der Waals surface area contributed by atoms with Gasteiger partial charge in [-0.2, -0.15) is 0 Å². The topological polar surface area (TPSA) is 26.0 Å². The van der Waals surface area contributed by atoms with E-state index in [1.807, 2.05) is 24.3 Å². The lowest BCUT2D eigenvalue weighted by Crippen LogP contribution is -1.92. The van der Waals surface area contributed by atoms with Crippen LogP contribution >= 0.6 is 0 Å². The Morgan fingerprint density at radius 3 is 1.76 bits per heavy atom. The largest absolute Gasteiger partial charge is 0.456 e. The van der Waals surface area contributed by atoms with Gasteiger partial charge in [0.05, 0.1) is 11.4 Å². The first-order valence-electron chi connectivity index (χ1n) is 17.4. The molecule has 0 amide bonds. The van der Waals surface area contributed by atoms with Gasteiger partial charge < -0.3 is 4.42 Å². The third-order valence-electron chi connectivity index (χ3n) is 10.1. The first kappa shape index (κ1) is 29.2. The van der Waals surface area contributed by atoms with Crippen molar-refractivity contribution in [3.05, 3.63) is 188 Å². The predicted molar refractivity (Wildman–Crippen MR) is 214 cm³/mol. The second-order valence-corrected chi connectivity index (χ2v) is 13.1. The van der Waals surface area contributed by atoms with Crippen molar-refractivity contribution in [2.75, 3.05) is 0 Å². The van der Waals surface area contributed by atoms with Crippen molar-refractivity contribution < 1.29 is 4.42 Å². The fourth-order valence-electron chi connectivity index (χ4n) is 7.60. The number of benzene rings is 8. The van der Waals surface area contributed by atoms with Crippen LogP contribution in [-0.4, -0.2) is 4.98 Å². The second kappa shape index (κ2) is 12.0. The number of furan rings is 1. The molecule has 238 valence electrons. The van der Waals surface area contributed by atoms with E-state index in [0.717, 1.165) is 61.1 Å². The molecule has 0 aliphatic heterocycles. The first-order chi connectivity index (χ1) is 25.3. The zero-order valence-electron chi connectivity index (χ0n) is 27.8. The fourth-order valence-corrected chi connectivity index (χ4v) is 7.60. The number of para-hydroxylation sites is 1. The van der Waals surface area contributed by atoms with Crippen LogP contribution in [0.2, 0.25) is 0 Å². The number of pyridine rings is 1. The molecule has 0 N–H and O–H groups in total. The van der Waals surface area contributed by atoms with Gasteiger partial charge in [0.2, 0.25) is 0 Å². The predicted octanol–water partition coefficient (Wildman–Crippen LogP) is 13.6. The van der Waals surface area contributed by atoms with Gasteiger partial charge >= 0.3 is 0 Å². The number of aromatic nitrogens is 1. The molecule has 0 aliphatic carbocycles. The Kier molecular flexibility index (Phi) is 6.85. The highest BCUT2D eigenvalue weighted by Gasteiger charge is 2.15. The number of nitrogens with zero attached hydrogens (tertiary/aromatic N) is 1. The Labute approximate surface area is 295 Å². The van der Waals surface area contributed by atoms with Crippen LogP contribution in [0.3, 0.4) is 0 Å². The summed E-state index contributed by atoms with van der Waals surface area (Å²) in [6.07, 6.45) is 0. The number of hydrogen-bond acceptors (Lipinski definition) is 2. The summed E-state index contributed by atoms with van der Waals surface area (Å²) in [7, 11) is 0. The summed E-state index contributed by atoms with van der Waals surface area (Å²) in [6, 6.07) is 66.9. The molecule has 0 fully saturated rings. The van der Waals surface area contributed by atoms with Gasteiger partial charge in [-0.25, -0.2) is 4.98 Å². The van der Waals surface area contributed by atoms with Gasteiger partial charge in [0.1, 0.15) is 11.2 Å². The van der Waals surface area contributed by atoms with E-state index in [1.165, 1.54) is 38.2 Å². The zero-order valence-corrected chi connectivity index (χ0v) is 27.8.